The van der Waals surface area contributed by atoms with Gasteiger partial charge in [0.05, 0.1) is 5.92 Å². The second-order valence-electron chi connectivity index (χ2n) is 7.78. The lowest BCUT2D eigenvalue weighted by molar-refractivity contribution is 0.464. The number of H-pyrrole nitrogens is 1. The van der Waals surface area contributed by atoms with E-state index in [9.17, 15) is 9.50 Å². The van der Waals surface area contributed by atoms with Crippen LogP contribution in [0.2, 0.25) is 0 Å². The van der Waals surface area contributed by atoms with Crippen LogP contribution in [0.4, 0.5) is 10.1 Å². The number of piperazine rings is 1. The molecule has 0 radical (unpaired) electrons. The Morgan fingerprint density at radius 2 is 1.73 bits per heavy atom. The first-order valence-corrected chi connectivity index (χ1v) is 10.3. The Hall–Kier alpha value is -3.31. The fourth-order valence-electron chi connectivity index (χ4n) is 4.36. The molecule has 0 amide bonds. The van der Waals surface area contributed by atoms with Gasteiger partial charge in [0, 0.05) is 48.6 Å². The molecule has 0 aliphatic carbocycles. The molecule has 4 nitrogen and oxygen atoms in total. The number of para-hydroxylation sites is 1. The largest absolute Gasteiger partial charge is 0.508 e. The summed E-state index contributed by atoms with van der Waals surface area (Å²) in [6.45, 7) is 3.82. The summed E-state index contributed by atoms with van der Waals surface area (Å²) < 4.78 is 14.2. The highest BCUT2D eigenvalue weighted by molar-refractivity contribution is 5.81. The third kappa shape index (κ3) is 3.53. The first kappa shape index (κ1) is 18.7. The SMILES string of the molecule is Oc1ccc(F)cc1[C@H](c1cccc(N2CCNCC2)c1)c1cc2ccccc2[nH]1. The molecule has 3 aromatic carbocycles. The van der Waals surface area contributed by atoms with Crippen molar-refractivity contribution in [3.63, 3.8) is 0 Å². The Kier molecular flexibility index (Phi) is 4.89. The van der Waals surface area contributed by atoms with E-state index in [1.54, 1.807) is 0 Å². The summed E-state index contributed by atoms with van der Waals surface area (Å²) in [5.74, 6) is -0.578. The molecule has 30 heavy (non-hydrogen) atoms. The van der Waals surface area contributed by atoms with Crippen LogP contribution in [0, 0.1) is 5.82 Å². The highest BCUT2D eigenvalue weighted by Gasteiger charge is 2.23. The summed E-state index contributed by atoms with van der Waals surface area (Å²) in [5, 5.41) is 15.1. The lowest BCUT2D eigenvalue weighted by Crippen LogP contribution is -2.43. The van der Waals surface area contributed by atoms with Crippen LogP contribution in [0.1, 0.15) is 22.7 Å². The Balaban J connectivity index is 1.65. The second-order valence-corrected chi connectivity index (χ2v) is 7.78. The summed E-state index contributed by atoms with van der Waals surface area (Å²) in [4.78, 5) is 5.84. The number of aromatic amines is 1. The predicted molar refractivity (Wildman–Crippen MR) is 119 cm³/mol. The number of rotatable bonds is 4. The minimum atomic E-state index is -0.359. The van der Waals surface area contributed by atoms with Gasteiger partial charge < -0.3 is 20.3 Å². The number of nitrogens with one attached hydrogen (secondary N) is 2. The number of phenolic OH excluding ortho intramolecular Hbond substituents is 1. The minimum absolute atomic E-state index is 0.0904. The number of hydrogen-bond acceptors (Lipinski definition) is 3. The number of aromatic hydroxyl groups is 1. The van der Waals surface area contributed by atoms with E-state index < -0.39 is 0 Å². The van der Waals surface area contributed by atoms with Gasteiger partial charge in [-0.15, -0.1) is 0 Å². The second kappa shape index (κ2) is 7.84. The van der Waals surface area contributed by atoms with E-state index >= 15 is 0 Å². The number of benzene rings is 3. The third-order valence-corrected chi connectivity index (χ3v) is 5.85. The third-order valence-electron chi connectivity index (χ3n) is 5.85. The van der Waals surface area contributed by atoms with E-state index in [-0.39, 0.29) is 17.5 Å². The van der Waals surface area contributed by atoms with Gasteiger partial charge in [-0.1, -0.05) is 30.3 Å². The average molecular weight is 401 g/mol. The minimum Gasteiger partial charge on any atom is -0.508 e. The first-order valence-electron chi connectivity index (χ1n) is 10.3. The molecule has 4 aromatic rings. The number of fused-ring (bicyclic) bond motifs is 1. The van der Waals surface area contributed by atoms with E-state index in [4.69, 9.17) is 0 Å². The van der Waals surface area contributed by atoms with E-state index in [1.807, 2.05) is 30.3 Å². The average Bonchev–Trinajstić information content (AvgIpc) is 3.21. The lowest BCUT2D eigenvalue weighted by atomic mass is 9.87. The van der Waals surface area contributed by atoms with E-state index in [0.717, 1.165) is 54.0 Å². The molecule has 1 aliphatic rings. The molecule has 1 atom stereocenters. The van der Waals surface area contributed by atoms with Crippen LogP contribution in [0.25, 0.3) is 10.9 Å². The monoisotopic (exact) mass is 401 g/mol. The molecule has 0 saturated carbocycles. The van der Waals surface area contributed by atoms with E-state index in [1.165, 1.54) is 18.2 Å². The quantitative estimate of drug-likeness (QED) is 0.468. The molecular weight excluding hydrogens is 377 g/mol. The molecule has 1 aromatic heterocycles. The zero-order chi connectivity index (χ0) is 20.5. The zero-order valence-corrected chi connectivity index (χ0v) is 16.6. The summed E-state index contributed by atoms with van der Waals surface area (Å²) >= 11 is 0. The van der Waals surface area contributed by atoms with Gasteiger partial charge in [0.25, 0.3) is 0 Å². The number of halogens is 1. The Labute approximate surface area is 175 Å². The molecule has 1 aliphatic heterocycles. The van der Waals surface area contributed by atoms with Crippen LogP contribution in [0.15, 0.2) is 72.8 Å². The fourth-order valence-corrected chi connectivity index (χ4v) is 4.36. The molecule has 3 N–H and O–H groups in total. The normalized spacial score (nSPS) is 15.4. The van der Waals surface area contributed by atoms with Gasteiger partial charge >= 0.3 is 0 Å². The maximum absolute atomic E-state index is 14.2. The van der Waals surface area contributed by atoms with Crippen LogP contribution in [0.3, 0.4) is 0 Å². The van der Waals surface area contributed by atoms with Crippen LogP contribution in [-0.4, -0.2) is 36.3 Å². The lowest BCUT2D eigenvalue weighted by Gasteiger charge is -2.30. The number of aromatic nitrogens is 1. The van der Waals surface area contributed by atoms with Crippen molar-refractivity contribution in [2.45, 2.75) is 5.92 Å². The fraction of sp³-hybridized carbons (Fsp3) is 0.200. The number of hydrogen-bond donors (Lipinski definition) is 3. The molecule has 0 spiro atoms. The number of nitrogens with zero attached hydrogens (tertiary/aromatic N) is 1. The Bertz CT molecular complexity index is 1150. The smallest absolute Gasteiger partial charge is 0.123 e. The van der Waals surface area contributed by atoms with Gasteiger partial charge in [-0.25, -0.2) is 4.39 Å². The maximum Gasteiger partial charge on any atom is 0.123 e. The summed E-state index contributed by atoms with van der Waals surface area (Å²) in [6.07, 6.45) is 0. The molecule has 1 saturated heterocycles. The maximum atomic E-state index is 14.2. The molecule has 2 heterocycles. The van der Waals surface area contributed by atoms with Crippen molar-refractivity contribution >= 4 is 16.6 Å². The Morgan fingerprint density at radius 3 is 2.57 bits per heavy atom. The van der Waals surface area contributed by atoms with Crippen LogP contribution < -0.4 is 10.2 Å². The van der Waals surface area contributed by atoms with Crippen molar-refractivity contribution in [1.82, 2.24) is 10.3 Å². The van der Waals surface area contributed by atoms with Gasteiger partial charge in [0.2, 0.25) is 0 Å². The summed E-state index contributed by atoms with van der Waals surface area (Å²) in [7, 11) is 0. The molecular formula is C25H24FN3O. The summed E-state index contributed by atoms with van der Waals surface area (Å²) in [5.41, 5.74) is 4.66. The number of anilines is 1. The highest BCUT2D eigenvalue weighted by atomic mass is 19.1. The standard InChI is InChI=1S/C25H24FN3O/c26-19-8-9-24(30)21(16-19)25(23-15-17-4-1-2-7-22(17)28-23)18-5-3-6-20(14-18)29-12-10-27-11-13-29/h1-9,14-16,25,27-28,30H,10-13H2/t25-/m0/s1. The Morgan fingerprint density at radius 1 is 0.900 bits per heavy atom. The van der Waals surface area contributed by atoms with Crippen LogP contribution in [0.5, 0.6) is 5.75 Å². The highest BCUT2D eigenvalue weighted by Crippen LogP contribution is 2.39. The molecule has 5 rings (SSSR count). The van der Waals surface area contributed by atoms with Crippen molar-refractivity contribution in [1.29, 1.82) is 0 Å². The van der Waals surface area contributed by atoms with Crippen molar-refractivity contribution in [3.05, 3.63) is 95.4 Å². The van der Waals surface area contributed by atoms with Crippen molar-refractivity contribution in [2.75, 3.05) is 31.1 Å². The van der Waals surface area contributed by atoms with Gasteiger partial charge in [-0.05, 0) is 53.4 Å². The molecule has 5 heteroatoms. The number of phenols is 1. The first-order chi connectivity index (χ1) is 14.7. The van der Waals surface area contributed by atoms with Gasteiger partial charge in [0.1, 0.15) is 11.6 Å². The van der Waals surface area contributed by atoms with E-state index in [0.29, 0.717) is 5.56 Å². The van der Waals surface area contributed by atoms with Crippen LogP contribution in [-0.2, 0) is 0 Å². The summed E-state index contributed by atoms with van der Waals surface area (Å²) in [6, 6.07) is 22.7. The van der Waals surface area contributed by atoms with Gasteiger partial charge in [0.15, 0.2) is 0 Å². The topological polar surface area (TPSA) is 51.3 Å². The molecule has 0 unspecified atom stereocenters. The van der Waals surface area contributed by atoms with Crippen molar-refractivity contribution in [2.24, 2.45) is 0 Å². The predicted octanol–water partition coefficient (Wildman–Crippen LogP) is 4.60. The molecule has 152 valence electrons. The van der Waals surface area contributed by atoms with E-state index in [2.05, 4.69) is 39.5 Å². The van der Waals surface area contributed by atoms with Gasteiger partial charge in [-0.3, -0.25) is 0 Å². The zero-order valence-electron chi connectivity index (χ0n) is 16.6. The van der Waals surface area contributed by atoms with Crippen molar-refractivity contribution in [3.8, 4) is 5.75 Å². The van der Waals surface area contributed by atoms with Crippen molar-refractivity contribution < 1.29 is 9.50 Å². The van der Waals surface area contributed by atoms with Crippen LogP contribution >= 0.6 is 0 Å². The van der Waals surface area contributed by atoms with Gasteiger partial charge in [-0.2, -0.15) is 0 Å². The molecule has 0 bridgehead atoms. The molecule has 1 fully saturated rings.